The van der Waals surface area contributed by atoms with E-state index in [1.54, 1.807) is 6.08 Å². The van der Waals surface area contributed by atoms with E-state index in [4.69, 9.17) is 9.47 Å². The molecule has 7 N–H and O–H groups in total. The van der Waals surface area contributed by atoms with Gasteiger partial charge in [0.25, 0.3) is 0 Å². The fraction of sp³-hybridized carbons (Fsp3) is 0.933. The fourth-order valence-electron chi connectivity index (χ4n) is 7.40. The molecule has 0 bridgehead atoms. The van der Waals surface area contributed by atoms with Gasteiger partial charge >= 0.3 is 0 Å². The average Bonchev–Trinajstić information content (AvgIpc) is 3.18. The third kappa shape index (κ3) is 26.5. The number of unbranched alkanes of at least 4 members (excludes halogenated alkanes) is 27. The zero-order valence-electron chi connectivity index (χ0n) is 35.3. The first-order chi connectivity index (χ1) is 26.8. The average molecular weight is 786 g/mol. The molecule has 1 rings (SSSR count). The van der Waals surface area contributed by atoms with Gasteiger partial charge in [0.2, 0.25) is 5.91 Å². The Labute approximate surface area is 336 Å². The molecule has 0 spiro atoms. The van der Waals surface area contributed by atoms with Crippen LogP contribution in [0.4, 0.5) is 0 Å². The van der Waals surface area contributed by atoms with Crippen LogP contribution < -0.4 is 5.32 Å². The highest BCUT2D eigenvalue weighted by molar-refractivity contribution is 5.80. The van der Waals surface area contributed by atoms with Gasteiger partial charge in [-0.2, -0.15) is 0 Å². The van der Waals surface area contributed by atoms with Crippen molar-refractivity contribution in [1.29, 1.82) is 0 Å². The number of carbonyl (C=O) groups excluding carboxylic acids is 1. The molecule has 1 aliphatic rings. The molecule has 1 amide bonds. The Morgan fingerprint density at radius 2 is 1.04 bits per heavy atom. The predicted molar refractivity (Wildman–Crippen MR) is 223 cm³/mol. The molecule has 1 fully saturated rings. The second-order valence-electron chi connectivity index (χ2n) is 16.3. The minimum absolute atomic E-state index is 0.302. The lowest BCUT2D eigenvalue weighted by Gasteiger charge is -2.40. The summed E-state index contributed by atoms with van der Waals surface area (Å²) in [6.45, 7) is 3.60. The van der Waals surface area contributed by atoms with Gasteiger partial charge in [-0.1, -0.05) is 199 Å². The van der Waals surface area contributed by atoms with Crippen molar-refractivity contribution < 1.29 is 44.9 Å². The molecule has 0 saturated carbocycles. The molecule has 0 aliphatic carbocycles. The normalized spacial score (nSPS) is 21.9. The van der Waals surface area contributed by atoms with Crippen molar-refractivity contribution >= 4 is 5.91 Å². The van der Waals surface area contributed by atoms with Gasteiger partial charge < -0.3 is 45.4 Å². The molecule has 0 aromatic rings. The topological polar surface area (TPSA) is 169 Å². The summed E-state index contributed by atoms with van der Waals surface area (Å²) < 4.78 is 11.1. The second kappa shape index (κ2) is 36.0. The first-order valence-corrected chi connectivity index (χ1v) is 23.0. The van der Waals surface area contributed by atoms with Crippen LogP contribution in [0, 0.1) is 0 Å². The van der Waals surface area contributed by atoms with Crippen LogP contribution in [0.25, 0.3) is 0 Å². The quantitative estimate of drug-likeness (QED) is 0.0241. The van der Waals surface area contributed by atoms with E-state index in [0.29, 0.717) is 6.42 Å². The van der Waals surface area contributed by atoms with Crippen LogP contribution in [0.1, 0.15) is 206 Å². The summed E-state index contributed by atoms with van der Waals surface area (Å²) in [6, 6.07) is -0.973. The summed E-state index contributed by atoms with van der Waals surface area (Å²) in [5.41, 5.74) is 0. The van der Waals surface area contributed by atoms with Gasteiger partial charge in [0.1, 0.15) is 30.5 Å². The second-order valence-corrected chi connectivity index (χ2v) is 16.3. The molecular formula is C45H87NO9. The summed E-state index contributed by atoms with van der Waals surface area (Å²) in [5, 5.41) is 64.5. The number of ether oxygens (including phenoxy) is 2. The molecule has 326 valence electrons. The standard InChI is InChI=1S/C45H87NO9/c1-3-5-7-9-11-13-15-16-17-18-19-20-21-22-24-26-28-30-32-34-39(49)44(53)46-37(36-54-45-43(52)42(51)41(50)40(35-47)55-45)38(48)33-31-29-27-25-23-14-12-10-8-6-4-2/h31,33,37-43,45,47-52H,3-30,32,34-36H2,1-2H3,(H,46,53)/b33-31+/t37-,38+,39+,40+,41+,42-,43+,45+/m0/s1. The van der Waals surface area contributed by atoms with Gasteiger partial charge in [-0.25, -0.2) is 0 Å². The molecule has 10 nitrogen and oxygen atoms in total. The molecular weight excluding hydrogens is 698 g/mol. The molecule has 0 radical (unpaired) electrons. The molecule has 0 unspecified atom stereocenters. The molecule has 0 aromatic carbocycles. The van der Waals surface area contributed by atoms with Gasteiger partial charge in [-0.15, -0.1) is 0 Å². The maximum absolute atomic E-state index is 13.0. The van der Waals surface area contributed by atoms with Gasteiger partial charge in [0.05, 0.1) is 25.4 Å². The van der Waals surface area contributed by atoms with Crippen molar-refractivity contribution in [2.75, 3.05) is 13.2 Å². The Hall–Kier alpha value is -1.11. The molecule has 1 aliphatic heterocycles. The number of hydrogen-bond acceptors (Lipinski definition) is 9. The predicted octanol–water partition coefficient (Wildman–Crippen LogP) is 8.31. The van der Waals surface area contributed by atoms with E-state index in [2.05, 4.69) is 19.2 Å². The van der Waals surface area contributed by atoms with Crippen molar-refractivity contribution in [3.05, 3.63) is 12.2 Å². The lowest BCUT2D eigenvalue weighted by Crippen LogP contribution is -2.60. The summed E-state index contributed by atoms with van der Waals surface area (Å²) in [6.07, 6.45) is 30.2. The Bertz CT molecular complexity index is 890. The van der Waals surface area contributed by atoms with Crippen LogP contribution in [0.3, 0.4) is 0 Å². The SMILES string of the molecule is CCCCCCCCCCC/C=C/[C@@H](O)[C@H](CO[C@@H]1O[C@H](CO)[C@@H](O)[C@H](O)[C@H]1O)NC(=O)[C@H](O)CCCCCCCCCCCCCCCCCCCCC. The van der Waals surface area contributed by atoms with E-state index in [1.165, 1.54) is 141 Å². The molecule has 8 atom stereocenters. The Morgan fingerprint density at radius 1 is 0.618 bits per heavy atom. The van der Waals surface area contributed by atoms with E-state index >= 15 is 0 Å². The Morgan fingerprint density at radius 3 is 1.47 bits per heavy atom. The minimum atomic E-state index is -1.61. The molecule has 1 saturated heterocycles. The summed E-state index contributed by atoms with van der Waals surface area (Å²) in [4.78, 5) is 13.0. The first-order valence-electron chi connectivity index (χ1n) is 23.0. The lowest BCUT2D eigenvalue weighted by molar-refractivity contribution is -0.302. The number of aliphatic hydroxyl groups excluding tert-OH is 6. The first kappa shape index (κ1) is 51.9. The van der Waals surface area contributed by atoms with E-state index in [9.17, 15) is 35.4 Å². The van der Waals surface area contributed by atoms with Gasteiger partial charge in [-0.05, 0) is 19.3 Å². The summed E-state index contributed by atoms with van der Waals surface area (Å²) in [5.74, 6) is -0.615. The number of rotatable bonds is 38. The zero-order valence-corrected chi connectivity index (χ0v) is 35.3. The van der Waals surface area contributed by atoms with Crippen LogP contribution in [0.2, 0.25) is 0 Å². The largest absolute Gasteiger partial charge is 0.394 e. The number of amides is 1. The van der Waals surface area contributed by atoms with E-state index in [0.717, 1.165) is 44.9 Å². The van der Waals surface area contributed by atoms with Crippen molar-refractivity contribution in [1.82, 2.24) is 5.32 Å². The third-order valence-corrected chi connectivity index (χ3v) is 11.2. The molecule has 55 heavy (non-hydrogen) atoms. The third-order valence-electron chi connectivity index (χ3n) is 11.2. The summed E-state index contributed by atoms with van der Waals surface area (Å²) in [7, 11) is 0. The highest BCUT2D eigenvalue weighted by atomic mass is 16.7. The highest BCUT2D eigenvalue weighted by Gasteiger charge is 2.44. The monoisotopic (exact) mass is 786 g/mol. The van der Waals surface area contributed by atoms with Gasteiger partial charge in [0.15, 0.2) is 6.29 Å². The number of aliphatic hydroxyl groups is 6. The highest BCUT2D eigenvalue weighted by Crippen LogP contribution is 2.23. The van der Waals surface area contributed by atoms with E-state index in [-0.39, 0.29) is 6.61 Å². The van der Waals surface area contributed by atoms with Crippen molar-refractivity contribution in [2.45, 2.75) is 255 Å². The Kier molecular flexibility index (Phi) is 34.0. The zero-order chi connectivity index (χ0) is 40.4. The fourth-order valence-corrected chi connectivity index (χ4v) is 7.40. The summed E-state index contributed by atoms with van der Waals surface area (Å²) >= 11 is 0. The van der Waals surface area contributed by atoms with Crippen LogP contribution in [-0.2, 0) is 14.3 Å². The van der Waals surface area contributed by atoms with Crippen molar-refractivity contribution in [3.8, 4) is 0 Å². The molecule has 10 heteroatoms. The van der Waals surface area contributed by atoms with Crippen molar-refractivity contribution in [3.63, 3.8) is 0 Å². The van der Waals surface area contributed by atoms with Gasteiger partial charge in [-0.3, -0.25) is 4.79 Å². The molecule has 0 aromatic heterocycles. The number of hydrogen-bond donors (Lipinski definition) is 7. The molecule has 1 heterocycles. The van der Waals surface area contributed by atoms with Crippen LogP contribution in [0.15, 0.2) is 12.2 Å². The van der Waals surface area contributed by atoms with E-state index in [1.807, 2.05) is 6.08 Å². The number of nitrogens with one attached hydrogen (secondary N) is 1. The van der Waals surface area contributed by atoms with Crippen molar-refractivity contribution in [2.24, 2.45) is 0 Å². The van der Waals surface area contributed by atoms with Gasteiger partial charge in [0, 0.05) is 0 Å². The van der Waals surface area contributed by atoms with Crippen LogP contribution >= 0.6 is 0 Å². The Balaban J connectivity index is 2.36. The maximum atomic E-state index is 13.0. The van der Waals surface area contributed by atoms with Crippen LogP contribution in [-0.4, -0.2) is 98.7 Å². The number of allylic oxidation sites excluding steroid dienone is 1. The maximum Gasteiger partial charge on any atom is 0.249 e. The minimum Gasteiger partial charge on any atom is -0.394 e. The van der Waals surface area contributed by atoms with E-state index < -0.39 is 61.5 Å². The number of carbonyl (C=O) groups is 1. The smallest absolute Gasteiger partial charge is 0.249 e. The van der Waals surface area contributed by atoms with Crippen LogP contribution in [0.5, 0.6) is 0 Å². The lowest BCUT2D eigenvalue weighted by atomic mass is 9.99.